The van der Waals surface area contributed by atoms with Crippen LogP contribution in [0.4, 0.5) is 0 Å². The number of likely N-dealkylation sites (N-methyl/N-ethyl adjacent to an activating group) is 1. The molecule has 2 N–H and O–H groups in total. The molecular formula is C16H22N4OS. The summed E-state index contributed by atoms with van der Waals surface area (Å²) in [5.41, 5.74) is 0.972. The number of aromatic nitrogens is 2. The second kappa shape index (κ2) is 6.62. The monoisotopic (exact) mass is 318 g/mol. The number of aromatic amines is 1. The van der Waals surface area contributed by atoms with E-state index in [4.69, 9.17) is 0 Å². The Balaban J connectivity index is 1.49. The minimum atomic E-state index is 0.0543. The summed E-state index contributed by atoms with van der Waals surface area (Å²) in [6.45, 7) is 4.74. The van der Waals surface area contributed by atoms with Crippen molar-refractivity contribution in [3.8, 4) is 0 Å². The molecule has 118 valence electrons. The molecule has 1 saturated heterocycles. The van der Waals surface area contributed by atoms with E-state index in [9.17, 15) is 4.79 Å². The van der Waals surface area contributed by atoms with Crippen LogP contribution in [0.3, 0.4) is 0 Å². The molecule has 0 aromatic carbocycles. The third-order valence-corrected chi connectivity index (χ3v) is 5.03. The average Bonchev–Trinajstić information content (AvgIpc) is 3.18. The van der Waals surface area contributed by atoms with Crippen LogP contribution in [0.2, 0.25) is 0 Å². The van der Waals surface area contributed by atoms with Crippen LogP contribution >= 0.6 is 11.3 Å². The Kier molecular flexibility index (Phi) is 4.59. The molecule has 6 heteroatoms. The molecule has 0 bridgehead atoms. The largest absolute Gasteiger partial charge is 0.350 e. The van der Waals surface area contributed by atoms with Crippen LogP contribution in [-0.4, -0.2) is 40.9 Å². The van der Waals surface area contributed by atoms with Crippen LogP contribution in [0, 0.1) is 6.92 Å². The fourth-order valence-electron chi connectivity index (χ4n) is 2.83. The number of imidazole rings is 1. The van der Waals surface area contributed by atoms with Crippen molar-refractivity contribution in [2.45, 2.75) is 32.2 Å². The number of likely N-dealkylation sites (tertiary alicyclic amines) is 1. The van der Waals surface area contributed by atoms with Crippen molar-refractivity contribution in [3.63, 3.8) is 0 Å². The van der Waals surface area contributed by atoms with Gasteiger partial charge in [-0.15, -0.1) is 11.3 Å². The predicted molar refractivity (Wildman–Crippen MR) is 88.0 cm³/mol. The molecule has 3 heterocycles. The van der Waals surface area contributed by atoms with Gasteiger partial charge in [0, 0.05) is 22.2 Å². The zero-order valence-corrected chi connectivity index (χ0v) is 13.9. The molecule has 5 nitrogen and oxygen atoms in total. The second-order valence-electron chi connectivity index (χ2n) is 6.01. The van der Waals surface area contributed by atoms with Crippen molar-refractivity contribution >= 4 is 17.2 Å². The number of H-pyrrole nitrogens is 1. The number of hydrogen-bond donors (Lipinski definition) is 2. The molecule has 1 fully saturated rings. The highest BCUT2D eigenvalue weighted by atomic mass is 32.1. The molecule has 1 amide bonds. The van der Waals surface area contributed by atoms with Crippen LogP contribution < -0.4 is 5.32 Å². The second-order valence-corrected chi connectivity index (χ2v) is 7.38. The number of amides is 1. The summed E-state index contributed by atoms with van der Waals surface area (Å²) in [7, 11) is 2.14. The highest BCUT2D eigenvalue weighted by molar-refractivity contribution is 7.12. The number of rotatable bonds is 5. The van der Waals surface area contributed by atoms with Gasteiger partial charge < -0.3 is 15.2 Å². The first-order chi connectivity index (χ1) is 10.6. The highest BCUT2D eigenvalue weighted by Gasteiger charge is 2.23. The summed E-state index contributed by atoms with van der Waals surface area (Å²) in [6.07, 6.45) is 3.43. The first kappa shape index (κ1) is 15.2. The quantitative estimate of drug-likeness (QED) is 0.887. The van der Waals surface area contributed by atoms with Crippen LogP contribution in [-0.2, 0) is 17.8 Å². The maximum Gasteiger partial charge on any atom is 0.225 e. The lowest BCUT2D eigenvalue weighted by Crippen LogP contribution is -2.24. The van der Waals surface area contributed by atoms with Crippen LogP contribution in [0.5, 0.6) is 0 Å². The molecule has 3 rings (SSSR count). The Morgan fingerprint density at radius 1 is 1.55 bits per heavy atom. The first-order valence-electron chi connectivity index (χ1n) is 7.64. The number of aryl methyl sites for hydroxylation is 1. The number of nitrogens with one attached hydrogen (secondary N) is 2. The van der Waals surface area contributed by atoms with E-state index in [0.717, 1.165) is 35.9 Å². The SMILES string of the molecule is Cc1ccc(CC(=O)NCc2cnc([C@H]3CCN(C)C3)[nH]2)s1. The summed E-state index contributed by atoms with van der Waals surface area (Å²) < 4.78 is 0. The molecule has 2 aromatic rings. The standard InChI is InChI=1S/C16H22N4OS/c1-11-3-4-14(22-11)7-15(21)17-8-13-9-18-16(19-13)12-5-6-20(2)10-12/h3-4,9,12H,5-8,10H2,1-2H3,(H,17,21)(H,18,19)/t12-/m0/s1. The van der Waals surface area contributed by atoms with Crippen molar-refractivity contribution < 1.29 is 4.79 Å². The minimum Gasteiger partial charge on any atom is -0.350 e. The van der Waals surface area contributed by atoms with Crippen LogP contribution in [0.1, 0.15) is 33.6 Å². The van der Waals surface area contributed by atoms with Gasteiger partial charge in [0.25, 0.3) is 0 Å². The van der Waals surface area contributed by atoms with Gasteiger partial charge in [-0.3, -0.25) is 4.79 Å². The molecule has 1 aliphatic heterocycles. The summed E-state index contributed by atoms with van der Waals surface area (Å²) in [4.78, 5) is 24.4. The van der Waals surface area contributed by atoms with Gasteiger partial charge in [0.2, 0.25) is 5.91 Å². The molecule has 0 saturated carbocycles. The van der Waals surface area contributed by atoms with Crippen molar-refractivity contribution in [1.82, 2.24) is 20.2 Å². The third-order valence-electron chi connectivity index (χ3n) is 4.03. The summed E-state index contributed by atoms with van der Waals surface area (Å²) in [5.74, 6) is 1.59. The van der Waals surface area contributed by atoms with Gasteiger partial charge in [-0.2, -0.15) is 0 Å². The maximum absolute atomic E-state index is 12.0. The fourth-order valence-corrected chi connectivity index (χ4v) is 3.72. The normalized spacial score (nSPS) is 18.7. The first-order valence-corrected chi connectivity index (χ1v) is 8.46. The van der Waals surface area contributed by atoms with Crippen LogP contribution in [0.25, 0.3) is 0 Å². The molecular weight excluding hydrogens is 296 g/mol. The molecule has 2 aromatic heterocycles. The van der Waals surface area contributed by atoms with Crippen LogP contribution in [0.15, 0.2) is 18.3 Å². The van der Waals surface area contributed by atoms with Gasteiger partial charge in [0.15, 0.2) is 0 Å². The lowest BCUT2D eigenvalue weighted by atomic mass is 10.1. The van der Waals surface area contributed by atoms with Gasteiger partial charge in [-0.05, 0) is 39.1 Å². The van der Waals surface area contributed by atoms with Gasteiger partial charge in [0.1, 0.15) is 5.82 Å². The van der Waals surface area contributed by atoms with E-state index in [2.05, 4.69) is 34.2 Å². The topological polar surface area (TPSA) is 61.0 Å². The molecule has 0 aliphatic carbocycles. The Morgan fingerprint density at radius 3 is 3.09 bits per heavy atom. The molecule has 0 spiro atoms. The minimum absolute atomic E-state index is 0.0543. The molecule has 0 unspecified atom stereocenters. The lowest BCUT2D eigenvalue weighted by molar-refractivity contribution is -0.120. The van der Waals surface area contributed by atoms with E-state index in [-0.39, 0.29) is 5.91 Å². The Bertz CT molecular complexity index is 648. The Morgan fingerprint density at radius 2 is 2.41 bits per heavy atom. The zero-order chi connectivity index (χ0) is 15.5. The Labute approximate surface area is 134 Å². The van der Waals surface area contributed by atoms with E-state index < -0.39 is 0 Å². The van der Waals surface area contributed by atoms with Gasteiger partial charge in [-0.25, -0.2) is 4.98 Å². The lowest BCUT2D eigenvalue weighted by Gasteiger charge is -2.07. The van der Waals surface area contributed by atoms with Crippen molar-refractivity contribution in [3.05, 3.63) is 39.6 Å². The molecule has 22 heavy (non-hydrogen) atoms. The van der Waals surface area contributed by atoms with E-state index in [1.807, 2.05) is 18.3 Å². The maximum atomic E-state index is 12.0. The van der Waals surface area contributed by atoms with Crippen molar-refractivity contribution in [1.29, 1.82) is 0 Å². The summed E-state index contributed by atoms with van der Waals surface area (Å²) >= 11 is 1.67. The number of hydrogen-bond acceptors (Lipinski definition) is 4. The van der Waals surface area contributed by atoms with Gasteiger partial charge in [-0.1, -0.05) is 0 Å². The number of thiophene rings is 1. The van der Waals surface area contributed by atoms with Gasteiger partial charge >= 0.3 is 0 Å². The predicted octanol–water partition coefficient (Wildman–Crippen LogP) is 2.06. The molecule has 1 aliphatic rings. The van der Waals surface area contributed by atoms with E-state index in [1.165, 1.54) is 4.88 Å². The van der Waals surface area contributed by atoms with Crippen molar-refractivity contribution in [2.75, 3.05) is 20.1 Å². The van der Waals surface area contributed by atoms with E-state index >= 15 is 0 Å². The summed E-state index contributed by atoms with van der Waals surface area (Å²) in [6, 6.07) is 4.07. The van der Waals surface area contributed by atoms with E-state index in [0.29, 0.717) is 18.9 Å². The molecule has 0 radical (unpaired) electrons. The zero-order valence-electron chi connectivity index (χ0n) is 13.1. The number of carbonyl (C=O) groups is 1. The number of carbonyl (C=O) groups excluding carboxylic acids is 1. The highest BCUT2D eigenvalue weighted by Crippen LogP contribution is 2.23. The van der Waals surface area contributed by atoms with E-state index in [1.54, 1.807) is 11.3 Å². The fraction of sp³-hybridized carbons (Fsp3) is 0.500. The Hall–Kier alpha value is -1.66. The summed E-state index contributed by atoms with van der Waals surface area (Å²) in [5, 5.41) is 2.96. The number of nitrogens with zero attached hydrogens (tertiary/aromatic N) is 2. The average molecular weight is 318 g/mol. The van der Waals surface area contributed by atoms with Gasteiger partial charge in [0.05, 0.1) is 24.9 Å². The smallest absolute Gasteiger partial charge is 0.225 e. The molecule has 1 atom stereocenters. The third kappa shape index (κ3) is 3.75. The van der Waals surface area contributed by atoms with Crippen molar-refractivity contribution in [2.24, 2.45) is 0 Å².